The number of aryl methyl sites for hydroxylation is 1. The average molecular weight is 211 g/mol. The lowest BCUT2D eigenvalue weighted by Crippen LogP contribution is -2.30. The normalized spacial score (nSPS) is 13.4. The summed E-state index contributed by atoms with van der Waals surface area (Å²) in [7, 11) is 2.07. The summed E-state index contributed by atoms with van der Waals surface area (Å²) in [6, 6.07) is 5.04. The molecule has 1 aromatic heterocycles. The maximum atomic E-state index is 3.38. The second-order valence-electron chi connectivity index (χ2n) is 4.11. The first-order chi connectivity index (χ1) is 6.74. The van der Waals surface area contributed by atoms with E-state index in [1.165, 1.54) is 24.1 Å². The summed E-state index contributed by atoms with van der Waals surface area (Å²) < 4.78 is 0. The molecule has 1 rings (SSSR count). The summed E-state index contributed by atoms with van der Waals surface area (Å²) in [5, 5.41) is 5.55. The van der Waals surface area contributed by atoms with E-state index < -0.39 is 0 Å². The van der Waals surface area contributed by atoms with Gasteiger partial charge < -0.3 is 5.32 Å². The predicted octanol–water partition coefficient (Wildman–Crippen LogP) is 3.31. The Labute approximate surface area is 91.5 Å². The van der Waals surface area contributed by atoms with Gasteiger partial charge in [0.25, 0.3) is 0 Å². The van der Waals surface area contributed by atoms with Gasteiger partial charge in [0.05, 0.1) is 0 Å². The fraction of sp³-hybridized carbons (Fsp3) is 0.667. The van der Waals surface area contributed by atoms with Gasteiger partial charge >= 0.3 is 0 Å². The summed E-state index contributed by atoms with van der Waals surface area (Å²) in [5.41, 5.74) is 0. The number of thiophene rings is 1. The number of hydrogen-bond acceptors (Lipinski definition) is 2. The van der Waals surface area contributed by atoms with E-state index in [4.69, 9.17) is 0 Å². The van der Waals surface area contributed by atoms with E-state index in [1.54, 1.807) is 0 Å². The molecule has 0 aliphatic rings. The predicted molar refractivity (Wildman–Crippen MR) is 64.9 cm³/mol. The Kier molecular flexibility index (Phi) is 5.20. The van der Waals surface area contributed by atoms with Gasteiger partial charge in [-0.3, -0.25) is 0 Å². The molecule has 0 aromatic carbocycles. The highest BCUT2D eigenvalue weighted by Crippen LogP contribution is 2.14. The molecule has 1 N–H and O–H groups in total. The van der Waals surface area contributed by atoms with Crippen LogP contribution in [0.4, 0.5) is 0 Å². The van der Waals surface area contributed by atoms with Crippen LogP contribution in [0.25, 0.3) is 0 Å². The van der Waals surface area contributed by atoms with Gasteiger partial charge in [-0.05, 0) is 43.7 Å². The molecule has 0 saturated heterocycles. The smallest absolute Gasteiger partial charge is 0.00871 e. The molecule has 0 fully saturated rings. The lowest BCUT2D eigenvalue weighted by molar-refractivity contribution is 0.394. The van der Waals surface area contributed by atoms with Crippen molar-refractivity contribution < 1.29 is 0 Å². The summed E-state index contributed by atoms with van der Waals surface area (Å²) in [6.45, 7) is 4.57. The van der Waals surface area contributed by atoms with Crippen LogP contribution in [0.1, 0.15) is 31.6 Å². The summed E-state index contributed by atoms with van der Waals surface area (Å²) in [4.78, 5) is 1.52. The van der Waals surface area contributed by atoms with Gasteiger partial charge in [0.15, 0.2) is 0 Å². The third kappa shape index (κ3) is 3.81. The van der Waals surface area contributed by atoms with Crippen molar-refractivity contribution in [3.63, 3.8) is 0 Å². The molecule has 1 heterocycles. The van der Waals surface area contributed by atoms with E-state index in [0.717, 1.165) is 5.92 Å². The minimum atomic E-state index is 0.676. The van der Waals surface area contributed by atoms with Gasteiger partial charge in [0.1, 0.15) is 0 Å². The van der Waals surface area contributed by atoms with Crippen LogP contribution in [0.2, 0.25) is 0 Å². The summed E-state index contributed by atoms with van der Waals surface area (Å²) in [6.07, 6.45) is 3.82. The van der Waals surface area contributed by atoms with Gasteiger partial charge in [-0.25, -0.2) is 0 Å². The van der Waals surface area contributed by atoms with Crippen LogP contribution in [0.5, 0.6) is 0 Å². The van der Waals surface area contributed by atoms with Gasteiger partial charge in [0.2, 0.25) is 0 Å². The van der Waals surface area contributed by atoms with Crippen molar-refractivity contribution in [1.82, 2.24) is 5.32 Å². The Bertz CT molecular complexity index is 228. The second kappa shape index (κ2) is 6.20. The zero-order valence-electron chi connectivity index (χ0n) is 9.42. The van der Waals surface area contributed by atoms with E-state index in [-0.39, 0.29) is 0 Å². The first kappa shape index (κ1) is 11.7. The van der Waals surface area contributed by atoms with Crippen molar-refractivity contribution in [2.75, 3.05) is 7.05 Å². The number of hydrogen-bond donors (Lipinski definition) is 1. The van der Waals surface area contributed by atoms with Crippen LogP contribution in [0, 0.1) is 5.92 Å². The van der Waals surface area contributed by atoms with Gasteiger partial charge in [-0.1, -0.05) is 19.9 Å². The van der Waals surface area contributed by atoms with E-state index in [1.807, 2.05) is 11.3 Å². The zero-order valence-corrected chi connectivity index (χ0v) is 10.2. The third-order valence-corrected chi connectivity index (χ3v) is 3.63. The van der Waals surface area contributed by atoms with Crippen molar-refractivity contribution in [3.05, 3.63) is 22.4 Å². The molecular formula is C12H21NS. The third-order valence-electron chi connectivity index (χ3n) is 2.69. The fourth-order valence-corrected chi connectivity index (χ4v) is 2.51. The molecule has 0 bridgehead atoms. The Hall–Kier alpha value is -0.340. The van der Waals surface area contributed by atoms with Crippen LogP contribution in [0.15, 0.2) is 17.5 Å². The monoisotopic (exact) mass is 211 g/mol. The van der Waals surface area contributed by atoms with E-state index in [0.29, 0.717) is 6.04 Å². The largest absolute Gasteiger partial charge is 0.317 e. The van der Waals surface area contributed by atoms with Crippen molar-refractivity contribution in [2.24, 2.45) is 5.92 Å². The Morgan fingerprint density at radius 3 is 2.71 bits per heavy atom. The Morgan fingerprint density at radius 1 is 1.43 bits per heavy atom. The minimum Gasteiger partial charge on any atom is -0.317 e. The molecule has 0 amide bonds. The van der Waals surface area contributed by atoms with Gasteiger partial charge in [0, 0.05) is 10.9 Å². The molecule has 80 valence electrons. The standard InChI is InChI=1S/C12H21NS/c1-10(2)12(13-3)8-4-6-11-7-5-9-14-11/h5,7,9-10,12-13H,4,6,8H2,1-3H3. The molecule has 1 nitrogen and oxygen atoms in total. The molecular weight excluding hydrogens is 190 g/mol. The molecule has 1 atom stereocenters. The van der Waals surface area contributed by atoms with Crippen LogP contribution >= 0.6 is 11.3 Å². The second-order valence-corrected chi connectivity index (χ2v) is 5.14. The van der Waals surface area contributed by atoms with Gasteiger partial charge in [-0.2, -0.15) is 0 Å². The van der Waals surface area contributed by atoms with Crippen LogP contribution in [-0.4, -0.2) is 13.1 Å². The summed E-state index contributed by atoms with van der Waals surface area (Å²) in [5.74, 6) is 0.739. The van der Waals surface area contributed by atoms with Crippen molar-refractivity contribution in [3.8, 4) is 0 Å². The highest BCUT2D eigenvalue weighted by atomic mass is 32.1. The van der Waals surface area contributed by atoms with Crippen LogP contribution < -0.4 is 5.32 Å². The van der Waals surface area contributed by atoms with Crippen molar-refractivity contribution in [1.29, 1.82) is 0 Å². The Balaban J connectivity index is 2.20. The molecule has 14 heavy (non-hydrogen) atoms. The highest BCUT2D eigenvalue weighted by Gasteiger charge is 2.09. The fourth-order valence-electron chi connectivity index (χ4n) is 1.76. The van der Waals surface area contributed by atoms with Crippen molar-refractivity contribution in [2.45, 2.75) is 39.2 Å². The minimum absolute atomic E-state index is 0.676. The maximum Gasteiger partial charge on any atom is 0.00871 e. The highest BCUT2D eigenvalue weighted by molar-refractivity contribution is 7.09. The topological polar surface area (TPSA) is 12.0 Å². The van der Waals surface area contributed by atoms with Gasteiger partial charge in [-0.15, -0.1) is 11.3 Å². The zero-order chi connectivity index (χ0) is 10.4. The number of rotatable bonds is 6. The molecule has 2 heteroatoms. The first-order valence-electron chi connectivity index (χ1n) is 5.43. The van der Waals surface area contributed by atoms with E-state index in [2.05, 4.69) is 43.7 Å². The van der Waals surface area contributed by atoms with Crippen molar-refractivity contribution >= 4 is 11.3 Å². The Morgan fingerprint density at radius 2 is 2.21 bits per heavy atom. The maximum absolute atomic E-state index is 3.38. The molecule has 1 aromatic rings. The van der Waals surface area contributed by atoms with E-state index in [9.17, 15) is 0 Å². The number of nitrogens with one attached hydrogen (secondary N) is 1. The molecule has 0 aliphatic carbocycles. The lowest BCUT2D eigenvalue weighted by atomic mass is 9.98. The SMILES string of the molecule is CNC(CCCc1cccs1)C(C)C. The quantitative estimate of drug-likeness (QED) is 0.761. The molecule has 1 unspecified atom stereocenters. The molecule has 0 radical (unpaired) electrons. The summed E-state index contributed by atoms with van der Waals surface area (Å²) >= 11 is 1.87. The molecule has 0 saturated carbocycles. The van der Waals surface area contributed by atoms with Crippen LogP contribution in [-0.2, 0) is 6.42 Å². The average Bonchev–Trinajstić information content (AvgIpc) is 2.64. The molecule has 0 aliphatic heterocycles. The first-order valence-corrected chi connectivity index (χ1v) is 6.31. The van der Waals surface area contributed by atoms with Crippen LogP contribution in [0.3, 0.4) is 0 Å². The lowest BCUT2D eigenvalue weighted by Gasteiger charge is -2.19. The molecule has 0 spiro atoms. The van der Waals surface area contributed by atoms with E-state index >= 15 is 0 Å².